The molecule has 0 aliphatic heterocycles. The first kappa shape index (κ1) is 22.1. The molecule has 2 N–H and O–H groups in total. The van der Waals surface area contributed by atoms with E-state index in [0.29, 0.717) is 35.2 Å². The number of carbonyl (C=O) groups is 1. The van der Waals surface area contributed by atoms with Crippen LogP contribution in [0, 0.1) is 6.92 Å². The molecule has 9 heteroatoms. The monoisotopic (exact) mass is 441 g/mol. The number of amides is 1. The second kappa shape index (κ2) is 9.48. The van der Waals surface area contributed by atoms with E-state index in [2.05, 4.69) is 15.2 Å². The van der Waals surface area contributed by atoms with Crippen LogP contribution in [0.1, 0.15) is 30.9 Å². The Bertz CT molecular complexity index is 1200. The molecule has 0 radical (unpaired) electrons. The van der Waals surface area contributed by atoms with Crippen LogP contribution in [0.3, 0.4) is 0 Å². The number of aryl methyl sites for hydroxylation is 1. The summed E-state index contributed by atoms with van der Waals surface area (Å²) in [6.45, 7) is 5.38. The number of nitrogens with one attached hydrogen (secondary N) is 2. The van der Waals surface area contributed by atoms with Crippen LogP contribution < -0.4 is 14.8 Å². The first-order valence-corrected chi connectivity index (χ1v) is 11.0. The Morgan fingerprint density at radius 3 is 2.52 bits per heavy atom. The fourth-order valence-electron chi connectivity index (χ4n) is 2.80. The normalized spacial score (nSPS) is 11.5. The summed E-state index contributed by atoms with van der Waals surface area (Å²) in [5.74, 6) is 0.637. The zero-order valence-corrected chi connectivity index (χ0v) is 18.2. The van der Waals surface area contributed by atoms with Crippen LogP contribution in [0.4, 0.5) is 11.4 Å². The van der Waals surface area contributed by atoms with Crippen LogP contribution in [0.15, 0.2) is 57.9 Å². The van der Waals surface area contributed by atoms with Gasteiger partial charge in [0.25, 0.3) is 10.0 Å². The van der Waals surface area contributed by atoms with Gasteiger partial charge in [-0.25, -0.2) is 8.42 Å². The topological polar surface area (TPSA) is 111 Å². The maximum absolute atomic E-state index is 12.8. The van der Waals surface area contributed by atoms with E-state index in [1.54, 1.807) is 55.5 Å². The van der Waals surface area contributed by atoms with Crippen LogP contribution in [-0.2, 0) is 14.8 Å². The van der Waals surface area contributed by atoms with Crippen molar-refractivity contribution in [1.29, 1.82) is 0 Å². The van der Waals surface area contributed by atoms with Crippen molar-refractivity contribution in [3.63, 3.8) is 0 Å². The molecule has 0 saturated heterocycles. The zero-order chi connectivity index (χ0) is 22.4. The summed E-state index contributed by atoms with van der Waals surface area (Å²) in [5.41, 5.74) is 2.19. The number of nitrogens with zero attached hydrogens (tertiary/aromatic N) is 1. The molecule has 1 amide bonds. The number of para-hydroxylation sites is 2. The highest BCUT2D eigenvalue weighted by atomic mass is 32.2. The Morgan fingerprint density at radius 1 is 1.13 bits per heavy atom. The highest BCUT2D eigenvalue weighted by Gasteiger charge is 2.16. The van der Waals surface area contributed by atoms with Gasteiger partial charge in [0.05, 0.1) is 17.2 Å². The summed E-state index contributed by atoms with van der Waals surface area (Å²) in [4.78, 5) is 11.5. The van der Waals surface area contributed by atoms with Crippen LogP contribution in [0.2, 0.25) is 0 Å². The number of rotatable bonds is 8. The van der Waals surface area contributed by atoms with E-state index < -0.39 is 10.0 Å². The number of ether oxygens (including phenoxy) is 1. The molecule has 0 saturated carbocycles. The highest BCUT2D eigenvalue weighted by Crippen LogP contribution is 2.27. The van der Waals surface area contributed by atoms with Gasteiger partial charge in [-0.3, -0.25) is 9.52 Å². The lowest BCUT2D eigenvalue weighted by atomic mass is 10.2. The first-order valence-electron chi connectivity index (χ1n) is 9.57. The molecule has 162 valence electrons. The first-order chi connectivity index (χ1) is 14.8. The second-order valence-corrected chi connectivity index (χ2v) is 8.31. The van der Waals surface area contributed by atoms with Crippen molar-refractivity contribution in [2.75, 3.05) is 16.6 Å². The van der Waals surface area contributed by atoms with Gasteiger partial charge in [-0.05, 0) is 49.8 Å². The van der Waals surface area contributed by atoms with Crippen LogP contribution in [0.25, 0.3) is 12.2 Å². The summed E-state index contributed by atoms with van der Waals surface area (Å²) in [6, 6.07) is 13.2. The molecule has 0 atom stereocenters. The molecule has 31 heavy (non-hydrogen) atoms. The van der Waals surface area contributed by atoms with Crippen molar-refractivity contribution in [3.8, 4) is 5.75 Å². The molecule has 2 aromatic carbocycles. The lowest BCUT2D eigenvalue weighted by Gasteiger charge is -2.12. The molecule has 0 fully saturated rings. The Morgan fingerprint density at radius 2 is 1.84 bits per heavy atom. The van der Waals surface area contributed by atoms with Gasteiger partial charge >= 0.3 is 0 Å². The minimum atomic E-state index is -3.78. The van der Waals surface area contributed by atoms with E-state index in [9.17, 15) is 13.2 Å². The smallest absolute Gasteiger partial charge is 0.262 e. The van der Waals surface area contributed by atoms with E-state index in [0.717, 1.165) is 5.56 Å². The van der Waals surface area contributed by atoms with Gasteiger partial charge in [-0.1, -0.05) is 35.5 Å². The lowest BCUT2D eigenvalue weighted by molar-refractivity contribution is -0.114. The predicted octanol–water partition coefficient (Wildman–Crippen LogP) is 4.31. The van der Waals surface area contributed by atoms with Crippen molar-refractivity contribution in [2.24, 2.45) is 0 Å². The predicted molar refractivity (Wildman–Crippen MR) is 119 cm³/mol. The van der Waals surface area contributed by atoms with Crippen molar-refractivity contribution >= 4 is 39.5 Å². The maximum atomic E-state index is 12.8. The maximum Gasteiger partial charge on any atom is 0.262 e. The van der Waals surface area contributed by atoms with Crippen LogP contribution in [0.5, 0.6) is 5.75 Å². The molecule has 0 unspecified atom stereocenters. The number of sulfonamides is 1. The molecule has 0 aliphatic rings. The number of carbonyl (C=O) groups excluding carboxylic acids is 1. The average molecular weight is 442 g/mol. The zero-order valence-electron chi connectivity index (χ0n) is 17.4. The summed E-state index contributed by atoms with van der Waals surface area (Å²) in [5, 5.41) is 6.53. The van der Waals surface area contributed by atoms with Gasteiger partial charge in [-0.15, -0.1) is 0 Å². The van der Waals surface area contributed by atoms with Gasteiger partial charge in [-0.2, -0.15) is 0 Å². The Balaban J connectivity index is 1.77. The van der Waals surface area contributed by atoms with Crippen molar-refractivity contribution in [1.82, 2.24) is 5.16 Å². The molecule has 0 spiro atoms. The molecular weight excluding hydrogens is 418 g/mol. The third kappa shape index (κ3) is 5.52. The molecule has 0 aliphatic carbocycles. The van der Waals surface area contributed by atoms with E-state index in [-0.39, 0.29) is 10.8 Å². The van der Waals surface area contributed by atoms with Crippen LogP contribution in [-0.4, -0.2) is 26.1 Å². The third-order valence-electron chi connectivity index (χ3n) is 4.24. The molecule has 3 rings (SSSR count). The van der Waals surface area contributed by atoms with Gasteiger partial charge in [0.1, 0.15) is 17.1 Å². The van der Waals surface area contributed by atoms with Gasteiger partial charge in [0.2, 0.25) is 5.91 Å². The van der Waals surface area contributed by atoms with Crippen molar-refractivity contribution in [2.45, 2.75) is 25.7 Å². The number of hydrogen-bond acceptors (Lipinski definition) is 6. The van der Waals surface area contributed by atoms with Gasteiger partial charge in [0, 0.05) is 6.92 Å². The summed E-state index contributed by atoms with van der Waals surface area (Å²) >= 11 is 0. The number of anilines is 2. The standard InChI is InChI=1S/C22H23N3O5S/c1-4-29-20-8-6-5-7-19(20)25-31(27,28)18-12-9-17(10-13-18)11-14-21-22(23-16(3)26)15(2)24-30-21/h5-14,25H,4H2,1-3H3,(H,23,26). The minimum Gasteiger partial charge on any atom is -0.492 e. The Labute approximate surface area is 181 Å². The number of hydrogen-bond donors (Lipinski definition) is 2. The van der Waals surface area contributed by atoms with E-state index >= 15 is 0 Å². The molecule has 1 aromatic heterocycles. The third-order valence-corrected chi connectivity index (χ3v) is 5.62. The van der Waals surface area contributed by atoms with Gasteiger partial charge < -0.3 is 14.6 Å². The number of aromatic nitrogens is 1. The fraction of sp³-hybridized carbons (Fsp3) is 0.182. The van der Waals surface area contributed by atoms with E-state index in [1.165, 1.54) is 19.1 Å². The fourth-order valence-corrected chi connectivity index (χ4v) is 3.87. The second-order valence-electron chi connectivity index (χ2n) is 6.63. The average Bonchev–Trinajstić information content (AvgIpc) is 3.07. The summed E-state index contributed by atoms with van der Waals surface area (Å²) < 4.78 is 38.8. The molecule has 1 heterocycles. The Kier molecular flexibility index (Phi) is 6.76. The minimum absolute atomic E-state index is 0.116. The van der Waals surface area contributed by atoms with Crippen molar-refractivity contribution < 1.29 is 22.5 Å². The van der Waals surface area contributed by atoms with Crippen molar-refractivity contribution in [3.05, 3.63) is 65.5 Å². The largest absolute Gasteiger partial charge is 0.492 e. The summed E-state index contributed by atoms with van der Waals surface area (Å²) in [6.07, 6.45) is 3.39. The summed E-state index contributed by atoms with van der Waals surface area (Å²) in [7, 11) is -3.78. The van der Waals surface area contributed by atoms with Gasteiger partial charge in [0.15, 0.2) is 5.76 Å². The SMILES string of the molecule is CCOc1ccccc1NS(=O)(=O)c1ccc(C=Cc2onc(C)c2NC(C)=O)cc1. The molecule has 8 nitrogen and oxygen atoms in total. The molecule has 0 bridgehead atoms. The lowest BCUT2D eigenvalue weighted by Crippen LogP contribution is -2.13. The van der Waals surface area contributed by atoms with E-state index in [1.807, 2.05) is 6.92 Å². The number of benzene rings is 2. The van der Waals surface area contributed by atoms with E-state index in [4.69, 9.17) is 9.26 Å². The van der Waals surface area contributed by atoms with Crippen LogP contribution >= 0.6 is 0 Å². The molecule has 3 aromatic rings. The highest BCUT2D eigenvalue weighted by molar-refractivity contribution is 7.92. The quantitative estimate of drug-likeness (QED) is 0.539. The Hall–Kier alpha value is -3.59. The molecular formula is C22H23N3O5S.